The van der Waals surface area contributed by atoms with Crippen LogP contribution in [0, 0.1) is 32.5 Å². The second kappa shape index (κ2) is 5.98. The topological polar surface area (TPSA) is 76.7 Å². The molecular weight excluding hydrogens is 285 g/mol. The highest BCUT2D eigenvalue weighted by Gasteiger charge is 2.27. The minimum Gasteiger partial charge on any atom is -0.426 e. The molecule has 0 bridgehead atoms. The Morgan fingerprint density at radius 1 is 1.18 bits per heavy atom. The Hall–Kier alpha value is -2.05. The van der Waals surface area contributed by atoms with Crippen LogP contribution < -0.4 is 5.32 Å². The van der Waals surface area contributed by atoms with Gasteiger partial charge in [-0.05, 0) is 39.0 Å². The van der Waals surface area contributed by atoms with Crippen LogP contribution in [0.4, 0.5) is 10.2 Å². The van der Waals surface area contributed by atoms with E-state index in [1.165, 1.54) is 0 Å². The van der Waals surface area contributed by atoms with Gasteiger partial charge in [-0.2, -0.15) is 0 Å². The van der Waals surface area contributed by atoms with Gasteiger partial charge in [0.25, 0.3) is 0 Å². The molecule has 0 aromatic carbocycles. The van der Waals surface area contributed by atoms with Crippen LogP contribution >= 0.6 is 0 Å². The molecular formula is C15H20FN5O. The first-order valence-electron chi connectivity index (χ1n) is 7.57. The van der Waals surface area contributed by atoms with Crippen LogP contribution in [0.15, 0.2) is 4.42 Å². The zero-order valence-corrected chi connectivity index (χ0v) is 13.1. The maximum atomic E-state index is 14.1. The molecule has 2 heterocycles. The van der Waals surface area contributed by atoms with E-state index < -0.39 is 0 Å². The number of halogens is 1. The molecule has 0 spiro atoms. The predicted molar refractivity (Wildman–Crippen MR) is 79.0 cm³/mol. The average Bonchev–Trinajstić information content (AvgIpc) is 3.05. The molecule has 3 rings (SSSR count). The van der Waals surface area contributed by atoms with E-state index in [9.17, 15) is 4.39 Å². The summed E-state index contributed by atoms with van der Waals surface area (Å²) in [7, 11) is 0. The molecule has 2 aromatic rings. The molecule has 6 nitrogen and oxygen atoms in total. The van der Waals surface area contributed by atoms with Gasteiger partial charge in [-0.1, -0.05) is 0 Å². The van der Waals surface area contributed by atoms with Crippen LogP contribution in [-0.2, 0) is 6.42 Å². The van der Waals surface area contributed by atoms with Crippen LogP contribution in [0.25, 0.3) is 0 Å². The molecule has 1 aliphatic carbocycles. The zero-order valence-electron chi connectivity index (χ0n) is 13.1. The summed E-state index contributed by atoms with van der Waals surface area (Å²) < 4.78 is 19.5. The number of aryl methyl sites for hydroxylation is 3. The number of aromatic nitrogens is 4. The Labute approximate surface area is 128 Å². The van der Waals surface area contributed by atoms with Crippen molar-refractivity contribution in [1.82, 2.24) is 20.2 Å². The quantitative estimate of drug-likeness (QED) is 0.936. The van der Waals surface area contributed by atoms with Crippen LogP contribution in [0.1, 0.15) is 42.6 Å². The lowest BCUT2D eigenvalue weighted by Gasteiger charge is -2.15. The van der Waals surface area contributed by atoms with Crippen molar-refractivity contribution in [2.45, 2.75) is 52.5 Å². The number of anilines is 1. The predicted octanol–water partition coefficient (Wildman–Crippen LogP) is 2.75. The van der Waals surface area contributed by atoms with Gasteiger partial charge < -0.3 is 9.73 Å². The first-order chi connectivity index (χ1) is 10.5. The second-order valence-electron chi connectivity index (χ2n) is 5.96. The molecule has 0 saturated heterocycles. The smallest absolute Gasteiger partial charge is 0.216 e. The molecule has 22 heavy (non-hydrogen) atoms. The third-order valence-corrected chi connectivity index (χ3v) is 4.04. The lowest BCUT2D eigenvalue weighted by Crippen LogP contribution is -2.19. The van der Waals surface area contributed by atoms with Crippen molar-refractivity contribution >= 4 is 5.82 Å². The van der Waals surface area contributed by atoms with Gasteiger partial charge in [-0.25, -0.2) is 14.4 Å². The summed E-state index contributed by atoms with van der Waals surface area (Å²) in [5, 5.41) is 11.1. The molecule has 0 aliphatic heterocycles. The monoisotopic (exact) mass is 305 g/mol. The number of hydrogen-bond donors (Lipinski definition) is 1. The zero-order chi connectivity index (χ0) is 15.7. The van der Waals surface area contributed by atoms with Crippen molar-refractivity contribution in [3.05, 3.63) is 29.1 Å². The summed E-state index contributed by atoms with van der Waals surface area (Å²) >= 11 is 0. The lowest BCUT2D eigenvalue weighted by molar-refractivity contribution is 0.416. The van der Waals surface area contributed by atoms with Gasteiger partial charge in [0.05, 0.1) is 5.69 Å². The Morgan fingerprint density at radius 2 is 2.00 bits per heavy atom. The van der Waals surface area contributed by atoms with Gasteiger partial charge in [0.15, 0.2) is 11.6 Å². The van der Waals surface area contributed by atoms with Gasteiger partial charge in [-0.15, -0.1) is 10.2 Å². The first-order valence-corrected chi connectivity index (χ1v) is 7.57. The molecule has 1 fully saturated rings. The van der Waals surface area contributed by atoms with Crippen molar-refractivity contribution in [3.8, 4) is 0 Å². The first kappa shape index (κ1) is 14.9. The van der Waals surface area contributed by atoms with Gasteiger partial charge in [0.1, 0.15) is 5.82 Å². The van der Waals surface area contributed by atoms with E-state index >= 15 is 0 Å². The van der Waals surface area contributed by atoms with E-state index in [2.05, 4.69) is 25.5 Å². The molecule has 1 saturated carbocycles. The summed E-state index contributed by atoms with van der Waals surface area (Å²) in [6.07, 6.45) is 3.77. The van der Waals surface area contributed by atoms with Crippen molar-refractivity contribution in [2.24, 2.45) is 5.92 Å². The lowest BCUT2D eigenvalue weighted by atomic mass is 10.0. The third kappa shape index (κ3) is 3.23. The van der Waals surface area contributed by atoms with Crippen molar-refractivity contribution in [1.29, 1.82) is 0 Å². The molecule has 2 aromatic heterocycles. The van der Waals surface area contributed by atoms with Crippen LogP contribution in [0.3, 0.4) is 0 Å². The molecule has 0 amide bonds. The normalized spacial score (nSPS) is 21.3. The third-order valence-electron chi connectivity index (χ3n) is 4.04. The van der Waals surface area contributed by atoms with Gasteiger partial charge in [-0.3, -0.25) is 0 Å². The Kier molecular flexibility index (Phi) is 4.04. The Balaban J connectivity index is 1.61. The Morgan fingerprint density at radius 3 is 2.73 bits per heavy atom. The molecule has 7 heteroatoms. The maximum Gasteiger partial charge on any atom is 0.216 e. The summed E-state index contributed by atoms with van der Waals surface area (Å²) in [4.78, 5) is 8.20. The van der Waals surface area contributed by atoms with Gasteiger partial charge in [0, 0.05) is 19.4 Å². The molecule has 0 radical (unpaired) electrons. The van der Waals surface area contributed by atoms with E-state index in [1.54, 1.807) is 20.8 Å². The standard InChI is InChI=1S/C15H20FN5O/c1-8-14(16)15(18-9(2)17-8)19-12-5-4-11(6-12)7-13-21-20-10(3)22-13/h11-12H,4-7H2,1-3H3,(H,17,18,19)/t11-,12+/m1/s1. The van der Waals surface area contributed by atoms with Gasteiger partial charge in [0.2, 0.25) is 11.8 Å². The highest BCUT2D eigenvalue weighted by Crippen LogP contribution is 2.30. The molecule has 118 valence electrons. The summed E-state index contributed by atoms with van der Waals surface area (Å²) in [5.41, 5.74) is 0.380. The Bertz CT molecular complexity index is 672. The molecule has 2 atom stereocenters. The van der Waals surface area contributed by atoms with Gasteiger partial charge >= 0.3 is 0 Å². The SMILES string of the molecule is Cc1nc(C)c(F)c(N[C@H]2CC[C@@H](Cc3nnc(C)o3)C2)n1. The van der Waals surface area contributed by atoms with E-state index in [1.807, 2.05) is 0 Å². The fourth-order valence-electron chi connectivity index (χ4n) is 3.05. The van der Waals surface area contributed by atoms with E-state index in [0.717, 1.165) is 25.7 Å². The van der Waals surface area contributed by atoms with Crippen LogP contribution in [0.5, 0.6) is 0 Å². The number of nitrogens with zero attached hydrogens (tertiary/aromatic N) is 4. The fraction of sp³-hybridized carbons (Fsp3) is 0.600. The van der Waals surface area contributed by atoms with E-state index in [-0.39, 0.29) is 11.9 Å². The highest BCUT2D eigenvalue weighted by molar-refractivity contribution is 5.39. The number of nitrogens with one attached hydrogen (secondary N) is 1. The molecule has 0 unspecified atom stereocenters. The van der Waals surface area contributed by atoms with Crippen molar-refractivity contribution in [3.63, 3.8) is 0 Å². The van der Waals surface area contributed by atoms with Crippen LogP contribution in [-0.4, -0.2) is 26.2 Å². The summed E-state index contributed by atoms with van der Waals surface area (Å²) in [6.45, 7) is 5.22. The highest BCUT2D eigenvalue weighted by atomic mass is 19.1. The maximum absolute atomic E-state index is 14.1. The molecule has 1 aliphatic rings. The number of hydrogen-bond acceptors (Lipinski definition) is 6. The summed E-state index contributed by atoms with van der Waals surface area (Å²) in [5.74, 6) is 2.28. The fourth-order valence-corrected chi connectivity index (χ4v) is 3.05. The second-order valence-corrected chi connectivity index (χ2v) is 5.96. The summed E-state index contributed by atoms with van der Waals surface area (Å²) in [6, 6.07) is 0.220. The van der Waals surface area contributed by atoms with E-state index in [0.29, 0.717) is 35.0 Å². The van der Waals surface area contributed by atoms with E-state index in [4.69, 9.17) is 4.42 Å². The van der Waals surface area contributed by atoms with Crippen molar-refractivity contribution in [2.75, 3.05) is 5.32 Å². The minimum absolute atomic E-state index is 0.220. The molecule has 1 N–H and O–H groups in total. The van der Waals surface area contributed by atoms with Crippen molar-refractivity contribution < 1.29 is 8.81 Å². The average molecular weight is 305 g/mol. The number of rotatable bonds is 4. The van der Waals surface area contributed by atoms with Crippen LogP contribution in [0.2, 0.25) is 0 Å². The largest absolute Gasteiger partial charge is 0.426 e. The minimum atomic E-state index is -0.360.